The molecule has 0 bridgehead atoms. The van der Waals surface area contributed by atoms with Gasteiger partial charge in [0.05, 0.1) is 27.6 Å². The number of fused-ring (bicyclic) bond motifs is 1. The zero-order valence-electron chi connectivity index (χ0n) is 13.7. The van der Waals surface area contributed by atoms with E-state index in [1.165, 1.54) is 30.3 Å². The van der Waals surface area contributed by atoms with Gasteiger partial charge in [0.1, 0.15) is 6.54 Å². The first-order valence-electron chi connectivity index (χ1n) is 7.59. The van der Waals surface area contributed by atoms with Crippen molar-refractivity contribution in [2.75, 3.05) is 0 Å². The number of sulfonamides is 1. The largest absolute Gasteiger partial charge is 0.317 e. The van der Waals surface area contributed by atoms with Gasteiger partial charge < -0.3 is 4.98 Å². The lowest BCUT2D eigenvalue weighted by Crippen LogP contribution is -2.41. The number of carbonyl (C=O) groups is 1. The van der Waals surface area contributed by atoms with Crippen LogP contribution in [0.4, 0.5) is 0 Å². The third-order valence-corrected chi connectivity index (χ3v) is 5.12. The normalized spacial score (nSPS) is 11.1. The molecule has 2 aromatic carbocycles. The van der Waals surface area contributed by atoms with Crippen molar-refractivity contribution >= 4 is 27.0 Å². The second-order valence-electron chi connectivity index (χ2n) is 5.53. The monoisotopic (exact) mass is 384 g/mol. The molecule has 0 spiro atoms. The summed E-state index contributed by atoms with van der Waals surface area (Å²) in [7, 11) is -4.19. The number of rotatable bonds is 4. The van der Waals surface area contributed by atoms with E-state index in [1.54, 1.807) is 18.2 Å². The predicted octanol–water partition coefficient (Wildman–Crippen LogP) is 0.0666. The zero-order valence-corrected chi connectivity index (χ0v) is 14.5. The fourth-order valence-electron chi connectivity index (χ4n) is 2.47. The van der Waals surface area contributed by atoms with Crippen LogP contribution >= 0.6 is 0 Å². The van der Waals surface area contributed by atoms with Crippen LogP contribution in [0.3, 0.4) is 0 Å². The van der Waals surface area contributed by atoms with Gasteiger partial charge in [-0.25, -0.2) is 13.1 Å². The van der Waals surface area contributed by atoms with Crippen molar-refractivity contribution < 1.29 is 13.2 Å². The van der Waals surface area contributed by atoms with E-state index < -0.39 is 33.6 Å². The van der Waals surface area contributed by atoms with Crippen molar-refractivity contribution in [2.24, 2.45) is 0 Å². The first kappa shape index (κ1) is 18.1. The topological polar surface area (TPSA) is 142 Å². The molecule has 0 atom stereocenters. The first-order valence-corrected chi connectivity index (χ1v) is 9.08. The van der Waals surface area contributed by atoms with E-state index in [1.807, 2.05) is 10.8 Å². The Morgan fingerprint density at radius 1 is 1.11 bits per heavy atom. The number of amides is 1. The number of para-hydroxylation sites is 2. The van der Waals surface area contributed by atoms with Crippen molar-refractivity contribution in [2.45, 2.75) is 11.4 Å². The third kappa shape index (κ3) is 3.63. The molecular weight excluding hydrogens is 372 g/mol. The fourth-order valence-corrected chi connectivity index (χ4v) is 3.45. The maximum absolute atomic E-state index is 12.3. The number of benzene rings is 2. The maximum Gasteiger partial charge on any atom is 0.317 e. The Morgan fingerprint density at radius 3 is 2.44 bits per heavy atom. The highest BCUT2D eigenvalue weighted by molar-refractivity contribution is 7.90. The molecule has 1 amide bonds. The molecule has 0 aliphatic rings. The quantitative estimate of drug-likeness (QED) is 0.610. The number of carbonyl (C=O) groups excluding carboxylic acids is 1. The summed E-state index contributed by atoms with van der Waals surface area (Å²) in [5.74, 6) is -0.989. The molecule has 0 fully saturated rings. The third-order valence-electron chi connectivity index (χ3n) is 3.73. The Balaban J connectivity index is 1.91. The van der Waals surface area contributed by atoms with Crippen molar-refractivity contribution in [3.05, 3.63) is 74.8 Å². The average Bonchev–Trinajstić information content (AvgIpc) is 2.65. The Bertz CT molecular complexity index is 1300. The molecule has 0 radical (unpaired) electrons. The molecule has 0 unspecified atom stereocenters. The summed E-state index contributed by atoms with van der Waals surface area (Å²) in [6, 6.07) is 13.2. The lowest BCUT2D eigenvalue weighted by atomic mass is 10.2. The minimum atomic E-state index is -4.19. The SMILES string of the molecule is N#Cc1ccc(S(=O)(=O)NC(=O)Cn2c(=O)c(=O)[nH]c3ccccc32)cc1. The molecule has 1 heterocycles. The van der Waals surface area contributed by atoms with E-state index in [0.717, 1.165) is 4.57 Å². The number of nitriles is 1. The lowest BCUT2D eigenvalue weighted by molar-refractivity contribution is -0.119. The Kier molecular flexibility index (Phi) is 4.62. The summed E-state index contributed by atoms with van der Waals surface area (Å²) < 4.78 is 27.3. The van der Waals surface area contributed by atoms with Gasteiger partial charge >= 0.3 is 11.1 Å². The summed E-state index contributed by atoms with van der Waals surface area (Å²) in [6.07, 6.45) is 0. The fraction of sp³-hybridized carbons (Fsp3) is 0.0588. The number of hydrogen-bond acceptors (Lipinski definition) is 6. The highest BCUT2D eigenvalue weighted by Gasteiger charge is 2.19. The number of aromatic nitrogens is 2. The zero-order chi connectivity index (χ0) is 19.6. The van der Waals surface area contributed by atoms with E-state index in [2.05, 4.69) is 4.98 Å². The second kappa shape index (κ2) is 6.89. The van der Waals surface area contributed by atoms with Gasteiger partial charge in [0.15, 0.2) is 0 Å². The average molecular weight is 384 g/mol. The summed E-state index contributed by atoms with van der Waals surface area (Å²) in [5, 5.41) is 8.75. The second-order valence-corrected chi connectivity index (χ2v) is 7.21. The van der Waals surface area contributed by atoms with Gasteiger partial charge in [-0.05, 0) is 36.4 Å². The van der Waals surface area contributed by atoms with E-state index in [-0.39, 0.29) is 16.0 Å². The van der Waals surface area contributed by atoms with Crippen LogP contribution in [0, 0.1) is 11.3 Å². The number of H-pyrrole nitrogens is 1. The van der Waals surface area contributed by atoms with Gasteiger partial charge in [-0.15, -0.1) is 0 Å². The van der Waals surface area contributed by atoms with Gasteiger partial charge in [-0.1, -0.05) is 12.1 Å². The van der Waals surface area contributed by atoms with Gasteiger partial charge in [0, 0.05) is 0 Å². The summed E-state index contributed by atoms with van der Waals surface area (Å²) in [6.45, 7) is -0.654. The van der Waals surface area contributed by atoms with E-state index in [0.29, 0.717) is 5.52 Å². The molecule has 3 rings (SSSR count). The molecule has 0 saturated carbocycles. The molecule has 0 aliphatic carbocycles. The van der Waals surface area contributed by atoms with E-state index >= 15 is 0 Å². The molecule has 2 N–H and O–H groups in total. The van der Waals surface area contributed by atoms with E-state index in [9.17, 15) is 22.8 Å². The highest BCUT2D eigenvalue weighted by atomic mass is 32.2. The Morgan fingerprint density at radius 2 is 1.78 bits per heavy atom. The molecular formula is C17H12N4O5S. The van der Waals surface area contributed by atoms with Crippen molar-refractivity contribution in [1.29, 1.82) is 5.26 Å². The van der Waals surface area contributed by atoms with Gasteiger partial charge in [0.2, 0.25) is 0 Å². The first-order chi connectivity index (χ1) is 12.8. The van der Waals surface area contributed by atoms with Crippen LogP contribution in [0.5, 0.6) is 0 Å². The van der Waals surface area contributed by atoms with Crippen molar-refractivity contribution in [3.63, 3.8) is 0 Å². The number of nitrogens with zero attached hydrogens (tertiary/aromatic N) is 2. The molecule has 1 aromatic heterocycles. The summed E-state index contributed by atoms with van der Waals surface area (Å²) in [5.41, 5.74) is -1.00. The van der Waals surface area contributed by atoms with E-state index in [4.69, 9.17) is 5.26 Å². The molecule has 10 heteroatoms. The molecule has 0 aliphatic heterocycles. The van der Waals surface area contributed by atoms with Crippen LogP contribution in [0.2, 0.25) is 0 Å². The van der Waals surface area contributed by atoms with Crippen LogP contribution in [0.1, 0.15) is 5.56 Å². The smallest absolute Gasteiger partial charge is 0.316 e. The maximum atomic E-state index is 12.3. The Labute approximate surface area is 152 Å². The molecule has 27 heavy (non-hydrogen) atoms. The minimum absolute atomic E-state index is 0.210. The van der Waals surface area contributed by atoms with Crippen LogP contribution in [0.15, 0.2) is 63.0 Å². The van der Waals surface area contributed by atoms with Gasteiger partial charge in [-0.2, -0.15) is 5.26 Å². The number of nitrogens with one attached hydrogen (secondary N) is 2. The number of aromatic amines is 1. The summed E-state index contributed by atoms with van der Waals surface area (Å²) >= 11 is 0. The molecule has 9 nitrogen and oxygen atoms in total. The molecule has 3 aromatic rings. The number of hydrogen-bond donors (Lipinski definition) is 2. The lowest BCUT2D eigenvalue weighted by Gasteiger charge is -2.10. The predicted molar refractivity (Wildman–Crippen MR) is 95.3 cm³/mol. The van der Waals surface area contributed by atoms with Crippen molar-refractivity contribution in [3.8, 4) is 6.07 Å². The Hall–Kier alpha value is -3.71. The molecule has 0 saturated heterocycles. The highest BCUT2D eigenvalue weighted by Crippen LogP contribution is 2.11. The standard InChI is InChI=1S/C17H12N4O5S/c18-9-11-5-7-12(8-6-11)27(25,26)20-15(22)10-21-14-4-2-1-3-13(14)19-16(23)17(21)24/h1-8H,10H2,(H,19,23)(H,20,22). The van der Waals surface area contributed by atoms with Crippen LogP contribution < -0.4 is 15.8 Å². The molecule has 136 valence electrons. The minimum Gasteiger partial charge on any atom is -0.316 e. The summed E-state index contributed by atoms with van der Waals surface area (Å²) in [4.78, 5) is 38.2. The van der Waals surface area contributed by atoms with Crippen LogP contribution in [0.25, 0.3) is 11.0 Å². The van der Waals surface area contributed by atoms with Gasteiger partial charge in [-0.3, -0.25) is 19.0 Å². The van der Waals surface area contributed by atoms with Crippen LogP contribution in [-0.4, -0.2) is 23.9 Å². The van der Waals surface area contributed by atoms with Crippen LogP contribution in [-0.2, 0) is 21.4 Å². The van der Waals surface area contributed by atoms with Crippen molar-refractivity contribution in [1.82, 2.24) is 14.3 Å². The van der Waals surface area contributed by atoms with Gasteiger partial charge in [0.25, 0.3) is 15.9 Å².